The Bertz CT molecular complexity index is 242. The molecule has 0 amide bonds. The molecule has 0 aromatic heterocycles. The topological polar surface area (TPSA) is 59.7 Å². The van der Waals surface area contributed by atoms with Gasteiger partial charge in [-0.3, -0.25) is 0 Å². The predicted molar refractivity (Wildman–Crippen MR) is 48.0 cm³/mol. The zero-order valence-electron chi connectivity index (χ0n) is 7.82. The van der Waals surface area contributed by atoms with Crippen LogP contribution in [0.2, 0.25) is 5.02 Å². The Kier molecular flexibility index (Phi) is 37.2. The molecule has 0 aliphatic carbocycles. The molecule has 5 heteroatoms. The van der Waals surface area contributed by atoms with Gasteiger partial charge in [0, 0.05) is 26.1 Å². The minimum Gasteiger partial charge on any atom is 0 e. The second kappa shape index (κ2) is 23.3. The van der Waals surface area contributed by atoms with Crippen LogP contribution in [0.3, 0.4) is 0 Å². The molecule has 1 rings (SSSR count). The van der Waals surface area contributed by atoms with Crippen LogP contribution >= 0.6 is 11.6 Å². The largest absolute Gasteiger partial charge is 0 e. The molecule has 0 atom stereocenters. The van der Waals surface area contributed by atoms with Crippen molar-refractivity contribution in [3.8, 4) is 0 Å². The van der Waals surface area contributed by atoms with Crippen LogP contribution in [0.1, 0.15) is 5.56 Å². The van der Waals surface area contributed by atoms with Gasteiger partial charge < -0.3 is 0 Å². The van der Waals surface area contributed by atoms with Gasteiger partial charge in [0.05, 0.1) is 0 Å². The summed E-state index contributed by atoms with van der Waals surface area (Å²) in [5.74, 6) is 0. The summed E-state index contributed by atoms with van der Waals surface area (Å²) in [6, 6.07) is 7.75. The molecule has 0 saturated carbocycles. The maximum Gasteiger partial charge on any atom is 0 e. The number of halogens is 1. The first-order valence-corrected chi connectivity index (χ1v) is 3.50. The summed E-state index contributed by atoms with van der Waals surface area (Å²) >= 11 is 5.61. The molecule has 1 aromatic rings. The molecule has 3 nitrogen and oxygen atoms in total. The third-order valence-electron chi connectivity index (χ3n) is 1.01. The fraction of sp³-hybridized carbons (Fsp3) is 0.100. The molecule has 0 aliphatic rings. The van der Waals surface area contributed by atoms with E-state index in [0.29, 0.717) is 0 Å². The van der Waals surface area contributed by atoms with Gasteiger partial charge in [-0.05, 0) is 19.1 Å². The molecular weight excluding hydrogens is 387 g/mol. The Balaban J connectivity index is -0.0000000755. The fourth-order valence-corrected chi connectivity index (χ4v) is 0.659. The molecule has 0 spiro atoms. The average Bonchev–Trinajstić information content (AvgIpc) is 2.31. The van der Waals surface area contributed by atoms with Crippen molar-refractivity contribution in [1.29, 1.82) is 0 Å². The van der Waals surface area contributed by atoms with Crippen LogP contribution in [0, 0.1) is 26.9 Å². The number of rotatable bonds is 0. The second-order valence-corrected chi connectivity index (χ2v) is 2.23. The normalized spacial score (nSPS) is 5.33. The van der Waals surface area contributed by atoms with E-state index < -0.39 is 0 Å². The van der Waals surface area contributed by atoms with Crippen molar-refractivity contribution in [2.75, 3.05) is 0 Å². The Morgan fingerprint density at radius 1 is 0.867 bits per heavy atom. The Labute approximate surface area is 108 Å². The van der Waals surface area contributed by atoms with Crippen molar-refractivity contribution < 1.29 is 35.0 Å². The predicted octanol–water partition coefficient (Wildman–Crippen LogP) is 2.53. The standard InChI is InChI=1S/C7H7Cl.3CO.W/c1-6-2-4-7(8)5-3-6;3*1-2;/h2-5H,1H3;;;;. The zero-order valence-corrected chi connectivity index (χ0v) is 11.5. The van der Waals surface area contributed by atoms with Gasteiger partial charge >= 0.3 is 33.9 Å². The summed E-state index contributed by atoms with van der Waals surface area (Å²) in [4.78, 5) is 0. The molecule has 1 aromatic carbocycles. The van der Waals surface area contributed by atoms with Crippen molar-refractivity contribution in [3.63, 3.8) is 0 Å². The van der Waals surface area contributed by atoms with E-state index in [1.165, 1.54) is 5.56 Å². The van der Waals surface area contributed by atoms with E-state index in [-0.39, 0.29) is 21.1 Å². The van der Waals surface area contributed by atoms with Crippen LogP contribution < -0.4 is 0 Å². The van der Waals surface area contributed by atoms with Gasteiger partial charge in [-0.25, -0.2) is 0 Å². The van der Waals surface area contributed by atoms with Gasteiger partial charge in [0.15, 0.2) is 0 Å². The first-order chi connectivity index (χ1) is 6.79. The first-order valence-electron chi connectivity index (χ1n) is 3.12. The van der Waals surface area contributed by atoms with Crippen molar-refractivity contribution in [2.24, 2.45) is 0 Å². The van der Waals surface area contributed by atoms with E-state index >= 15 is 0 Å². The Morgan fingerprint density at radius 3 is 1.33 bits per heavy atom. The van der Waals surface area contributed by atoms with Gasteiger partial charge in [-0.15, -0.1) is 0 Å². The van der Waals surface area contributed by atoms with Crippen LogP contribution in [0.5, 0.6) is 0 Å². The second-order valence-electron chi connectivity index (χ2n) is 1.80. The molecule has 0 radical (unpaired) electrons. The zero-order chi connectivity index (χ0) is 12.0. The maximum absolute atomic E-state index is 7.50. The molecule has 0 heterocycles. The van der Waals surface area contributed by atoms with Crippen LogP contribution in [-0.2, 0) is 35.0 Å². The molecule has 0 fully saturated rings. The summed E-state index contributed by atoms with van der Waals surface area (Å²) in [5.41, 5.74) is 1.24. The van der Waals surface area contributed by atoms with E-state index in [4.69, 9.17) is 25.6 Å². The van der Waals surface area contributed by atoms with E-state index in [9.17, 15) is 0 Å². The molecule has 0 N–H and O–H groups in total. The summed E-state index contributed by atoms with van der Waals surface area (Å²) in [7, 11) is 0. The van der Waals surface area contributed by atoms with Crippen LogP contribution in [-0.4, -0.2) is 0 Å². The number of hydrogen-bond donors (Lipinski definition) is 0. The van der Waals surface area contributed by atoms with E-state index in [1.54, 1.807) is 0 Å². The minimum atomic E-state index is 0. The first kappa shape index (κ1) is 23.9. The van der Waals surface area contributed by atoms with E-state index in [0.717, 1.165) is 5.02 Å². The quantitative estimate of drug-likeness (QED) is 0.480. The number of benzene rings is 1. The fourth-order valence-electron chi connectivity index (χ4n) is 0.533. The average molecular weight is 394 g/mol. The molecule has 0 unspecified atom stereocenters. The monoisotopic (exact) mass is 394 g/mol. The minimum absolute atomic E-state index is 0. The van der Waals surface area contributed by atoms with E-state index in [2.05, 4.69) is 20.0 Å². The van der Waals surface area contributed by atoms with Gasteiger partial charge in [-0.2, -0.15) is 0 Å². The molecule has 15 heavy (non-hydrogen) atoms. The Morgan fingerprint density at radius 2 is 1.13 bits per heavy atom. The molecule has 0 aliphatic heterocycles. The maximum atomic E-state index is 7.50. The van der Waals surface area contributed by atoms with Crippen molar-refractivity contribution in [1.82, 2.24) is 0 Å². The number of aryl methyl sites for hydroxylation is 1. The molecule has 78 valence electrons. The SMILES string of the molecule is Cc1ccc(Cl)cc1.[C-]#[O+].[C-]#[O+].[C-]#[O+].[W]. The molecule has 0 saturated heterocycles. The smallest absolute Gasteiger partial charge is 0 e. The van der Waals surface area contributed by atoms with Gasteiger partial charge in [0.1, 0.15) is 0 Å². The van der Waals surface area contributed by atoms with Crippen molar-refractivity contribution >= 4 is 11.6 Å². The Hall–Kier alpha value is -0.582. The third kappa shape index (κ3) is 19.7. The summed E-state index contributed by atoms with van der Waals surface area (Å²) in [5, 5.41) is 0.801. The summed E-state index contributed by atoms with van der Waals surface area (Å²) < 4.78 is 22.5. The van der Waals surface area contributed by atoms with Crippen molar-refractivity contribution in [2.45, 2.75) is 6.92 Å². The molecular formula is C10H7ClO3W. The van der Waals surface area contributed by atoms with Gasteiger partial charge in [0.25, 0.3) is 0 Å². The third-order valence-corrected chi connectivity index (χ3v) is 1.26. The van der Waals surface area contributed by atoms with E-state index in [1.807, 2.05) is 31.2 Å². The van der Waals surface area contributed by atoms with Gasteiger partial charge in [0.2, 0.25) is 0 Å². The van der Waals surface area contributed by atoms with Crippen molar-refractivity contribution in [3.05, 3.63) is 54.8 Å². The number of hydrogen-bond acceptors (Lipinski definition) is 0. The summed E-state index contributed by atoms with van der Waals surface area (Å²) in [6.45, 7) is 15.5. The van der Waals surface area contributed by atoms with Crippen LogP contribution in [0.25, 0.3) is 0 Å². The van der Waals surface area contributed by atoms with Crippen LogP contribution in [0.15, 0.2) is 24.3 Å². The summed E-state index contributed by atoms with van der Waals surface area (Å²) in [6.07, 6.45) is 0. The van der Waals surface area contributed by atoms with Crippen LogP contribution in [0.4, 0.5) is 0 Å². The van der Waals surface area contributed by atoms with Gasteiger partial charge in [-0.1, -0.05) is 29.3 Å². The molecule has 0 bridgehead atoms.